The van der Waals surface area contributed by atoms with Crippen LogP contribution in [0, 0.1) is 12.7 Å². The van der Waals surface area contributed by atoms with E-state index < -0.39 is 0 Å². The van der Waals surface area contributed by atoms with Gasteiger partial charge in [-0.05, 0) is 48.1 Å². The van der Waals surface area contributed by atoms with Gasteiger partial charge >= 0.3 is 0 Å². The summed E-state index contributed by atoms with van der Waals surface area (Å²) in [5.41, 5.74) is 9.99. The topological polar surface area (TPSA) is 26.0 Å². The molecule has 0 radical (unpaired) electrons. The van der Waals surface area contributed by atoms with Crippen molar-refractivity contribution in [3.8, 4) is 11.1 Å². The lowest BCUT2D eigenvalue weighted by atomic mass is 9.95. The van der Waals surface area contributed by atoms with Crippen molar-refractivity contribution in [3.05, 3.63) is 53.3 Å². The second kappa shape index (κ2) is 5.43. The Morgan fingerprint density at radius 2 is 1.79 bits per heavy atom. The first kappa shape index (κ1) is 13.6. The van der Waals surface area contributed by atoms with Crippen LogP contribution < -0.4 is 5.73 Å². The first-order valence-corrected chi connectivity index (χ1v) is 6.69. The molecule has 1 atom stereocenters. The van der Waals surface area contributed by atoms with Crippen molar-refractivity contribution in [2.24, 2.45) is 0 Å². The van der Waals surface area contributed by atoms with Crippen LogP contribution in [-0.2, 0) is 0 Å². The molecule has 2 heteroatoms. The highest BCUT2D eigenvalue weighted by atomic mass is 19.1. The van der Waals surface area contributed by atoms with Crippen molar-refractivity contribution in [1.29, 1.82) is 0 Å². The number of benzene rings is 2. The summed E-state index contributed by atoms with van der Waals surface area (Å²) in [6, 6.07) is 11.3. The molecule has 0 bridgehead atoms. The molecule has 2 aromatic carbocycles. The average molecular weight is 257 g/mol. The first-order valence-electron chi connectivity index (χ1n) is 6.69. The third kappa shape index (κ3) is 2.78. The van der Waals surface area contributed by atoms with E-state index in [-0.39, 0.29) is 5.82 Å². The standard InChI is InChI=1S/C17H20FN/c1-4-11(2)13-5-7-14(8-6-13)15-10-17(19)12(3)9-16(15)18/h5-11H,4,19H2,1-3H3. The minimum absolute atomic E-state index is 0.219. The van der Waals surface area contributed by atoms with Crippen molar-refractivity contribution in [1.82, 2.24) is 0 Å². The third-order valence-electron chi connectivity index (χ3n) is 3.76. The van der Waals surface area contributed by atoms with Crippen LogP contribution in [0.4, 0.5) is 10.1 Å². The molecule has 0 heterocycles. The van der Waals surface area contributed by atoms with E-state index in [1.165, 1.54) is 11.6 Å². The molecule has 0 amide bonds. The zero-order valence-corrected chi connectivity index (χ0v) is 11.7. The highest BCUT2D eigenvalue weighted by Gasteiger charge is 2.09. The van der Waals surface area contributed by atoms with E-state index in [1.807, 2.05) is 19.1 Å². The molecular weight excluding hydrogens is 237 g/mol. The van der Waals surface area contributed by atoms with Gasteiger partial charge in [0.05, 0.1) is 0 Å². The highest BCUT2D eigenvalue weighted by Crippen LogP contribution is 2.29. The van der Waals surface area contributed by atoms with Gasteiger partial charge in [-0.3, -0.25) is 0 Å². The summed E-state index contributed by atoms with van der Waals surface area (Å²) in [5.74, 6) is 0.310. The van der Waals surface area contributed by atoms with Crippen molar-refractivity contribution in [2.75, 3.05) is 5.73 Å². The molecule has 0 aliphatic carbocycles. The molecule has 0 saturated heterocycles. The maximum atomic E-state index is 14.0. The number of nitrogens with two attached hydrogens (primary N) is 1. The molecule has 0 spiro atoms. The quantitative estimate of drug-likeness (QED) is 0.778. The fourth-order valence-electron chi connectivity index (χ4n) is 2.14. The summed E-state index contributed by atoms with van der Waals surface area (Å²) in [7, 11) is 0. The number of rotatable bonds is 3. The van der Waals surface area contributed by atoms with Gasteiger partial charge < -0.3 is 5.73 Å². The number of hydrogen-bond acceptors (Lipinski definition) is 1. The van der Waals surface area contributed by atoms with Gasteiger partial charge in [-0.15, -0.1) is 0 Å². The molecule has 0 fully saturated rings. The van der Waals surface area contributed by atoms with Crippen LogP contribution >= 0.6 is 0 Å². The zero-order valence-electron chi connectivity index (χ0n) is 11.7. The van der Waals surface area contributed by atoms with E-state index in [4.69, 9.17) is 5.73 Å². The van der Waals surface area contributed by atoms with E-state index in [1.54, 1.807) is 6.07 Å². The highest BCUT2D eigenvalue weighted by molar-refractivity contribution is 5.69. The molecular formula is C17H20FN. The normalized spacial score (nSPS) is 12.4. The zero-order chi connectivity index (χ0) is 14.0. The summed E-state index contributed by atoms with van der Waals surface area (Å²) in [4.78, 5) is 0. The Morgan fingerprint density at radius 1 is 1.16 bits per heavy atom. The van der Waals surface area contributed by atoms with Crippen molar-refractivity contribution in [2.45, 2.75) is 33.1 Å². The lowest BCUT2D eigenvalue weighted by molar-refractivity contribution is 0.630. The van der Waals surface area contributed by atoms with Gasteiger partial charge in [0.15, 0.2) is 0 Å². The number of aryl methyl sites for hydroxylation is 1. The Balaban J connectivity index is 2.40. The SMILES string of the molecule is CCC(C)c1ccc(-c2cc(N)c(C)cc2F)cc1. The van der Waals surface area contributed by atoms with E-state index >= 15 is 0 Å². The van der Waals surface area contributed by atoms with Gasteiger partial charge in [-0.2, -0.15) is 0 Å². The molecule has 100 valence electrons. The summed E-state index contributed by atoms with van der Waals surface area (Å²) in [5, 5.41) is 0. The van der Waals surface area contributed by atoms with Crippen LogP contribution in [0.2, 0.25) is 0 Å². The second-order valence-corrected chi connectivity index (χ2v) is 5.12. The predicted octanol–water partition coefficient (Wildman–Crippen LogP) is 4.90. The van der Waals surface area contributed by atoms with Gasteiger partial charge in [-0.25, -0.2) is 4.39 Å². The largest absolute Gasteiger partial charge is 0.398 e. The van der Waals surface area contributed by atoms with Crippen molar-refractivity contribution < 1.29 is 4.39 Å². The minimum atomic E-state index is -0.219. The molecule has 1 unspecified atom stereocenters. The van der Waals surface area contributed by atoms with Gasteiger partial charge in [-0.1, -0.05) is 38.1 Å². The number of halogens is 1. The summed E-state index contributed by atoms with van der Waals surface area (Å²) in [6.45, 7) is 6.17. The molecule has 2 N–H and O–H groups in total. The van der Waals surface area contributed by atoms with Crippen LogP contribution in [0.1, 0.15) is 37.3 Å². The summed E-state index contributed by atoms with van der Waals surface area (Å²) < 4.78 is 14.0. The maximum absolute atomic E-state index is 14.0. The molecule has 2 rings (SSSR count). The molecule has 1 nitrogen and oxygen atoms in total. The smallest absolute Gasteiger partial charge is 0.131 e. The van der Waals surface area contributed by atoms with E-state index in [0.29, 0.717) is 17.2 Å². The Morgan fingerprint density at radius 3 is 2.37 bits per heavy atom. The van der Waals surface area contributed by atoms with Crippen molar-refractivity contribution >= 4 is 5.69 Å². The third-order valence-corrected chi connectivity index (χ3v) is 3.76. The minimum Gasteiger partial charge on any atom is -0.398 e. The first-order chi connectivity index (χ1) is 9.02. The van der Waals surface area contributed by atoms with E-state index in [2.05, 4.69) is 26.0 Å². The lowest BCUT2D eigenvalue weighted by Gasteiger charge is -2.11. The monoisotopic (exact) mass is 257 g/mol. The number of nitrogen functional groups attached to an aromatic ring is 1. The van der Waals surface area contributed by atoms with Crippen LogP contribution in [-0.4, -0.2) is 0 Å². The van der Waals surface area contributed by atoms with E-state index in [9.17, 15) is 4.39 Å². The molecule has 0 aliphatic heterocycles. The van der Waals surface area contributed by atoms with Crippen molar-refractivity contribution in [3.63, 3.8) is 0 Å². The summed E-state index contributed by atoms with van der Waals surface area (Å²) >= 11 is 0. The second-order valence-electron chi connectivity index (χ2n) is 5.12. The number of hydrogen-bond donors (Lipinski definition) is 1. The molecule has 0 aliphatic rings. The van der Waals surface area contributed by atoms with Gasteiger partial charge in [0, 0.05) is 11.3 Å². The molecule has 19 heavy (non-hydrogen) atoms. The molecule has 0 saturated carbocycles. The van der Waals surface area contributed by atoms with Crippen LogP contribution in [0.3, 0.4) is 0 Å². The Bertz CT molecular complexity index is 573. The fraction of sp³-hybridized carbons (Fsp3) is 0.294. The average Bonchev–Trinajstić information content (AvgIpc) is 2.42. The van der Waals surface area contributed by atoms with Gasteiger partial charge in [0.25, 0.3) is 0 Å². The Labute approximate surface area is 114 Å². The van der Waals surface area contributed by atoms with Crippen LogP contribution in [0.15, 0.2) is 36.4 Å². The van der Waals surface area contributed by atoms with Crippen LogP contribution in [0.25, 0.3) is 11.1 Å². The van der Waals surface area contributed by atoms with Crippen LogP contribution in [0.5, 0.6) is 0 Å². The summed E-state index contributed by atoms with van der Waals surface area (Å²) in [6.07, 6.45) is 1.10. The Kier molecular flexibility index (Phi) is 3.89. The van der Waals surface area contributed by atoms with E-state index in [0.717, 1.165) is 17.5 Å². The molecule has 0 aromatic heterocycles. The Hall–Kier alpha value is -1.83. The van der Waals surface area contributed by atoms with Gasteiger partial charge in [0.1, 0.15) is 5.82 Å². The predicted molar refractivity (Wildman–Crippen MR) is 79.7 cm³/mol. The fourth-order valence-corrected chi connectivity index (χ4v) is 2.14. The number of anilines is 1. The van der Waals surface area contributed by atoms with Gasteiger partial charge in [0.2, 0.25) is 0 Å². The molecule has 2 aromatic rings. The lowest BCUT2D eigenvalue weighted by Crippen LogP contribution is -1.95. The maximum Gasteiger partial charge on any atom is 0.131 e.